The summed E-state index contributed by atoms with van der Waals surface area (Å²) in [7, 11) is 0. The van der Waals surface area contributed by atoms with Gasteiger partial charge in [0.15, 0.2) is 0 Å². The zero-order chi connectivity index (χ0) is 19.7. The van der Waals surface area contributed by atoms with Crippen molar-refractivity contribution in [3.63, 3.8) is 0 Å². The summed E-state index contributed by atoms with van der Waals surface area (Å²) in [5.74, 6) is 1.12. The predicted molar refractivity (Wildman–Crippen MR) is 107 cm³/mol. The minimum atomic E-state index is 0.203. The van der Waals surface area contributed by atoms with Crippen LogP contribution < -0.4 is 4.90 Å². The van der Waals surface area contributed by atoms with Crippen molar-refractivity contribution in [2.45, 2.75) is 58.5 Å². The van der Waals surface area contributed by atoms with E-state index in [1.165, 1.54) is 0 Å². The van der Waals surface area contributed by atoms with E-state index in [1.54, 1.807) is 0 Å². The second-order valence-electron chi connectivity index (χ2n) is 8.79. The molecule has 1 spiro atoms. The number of hydrogen-bond donors (Lipinski definition) is 0. The standard InChI is InChI=1S/C22H30N4O2/c1-16-12-17(2)24-21(19(16)13-23)25-9-7-22(8-10-25)6-5-20(27)26(15-22)14-18-4-3-11-28-18/h12,18H,3-11,14-15H2,1-2H3. The molecule has 0 bridgehead atoms. The molecule has 0 aromatic carbocycles. The van der Waals surface area contributed by atoms with Gasteiger partial charge in [0, 0.05) is 44.9 Å². The number of ether oxygens (including phenoxy) is 1. The van der Waals surface area contributed by atoms with Crippen LogP contribution in [0.4, 0.5) is 5.82 Å². The summed E-state index contributed by atoms with van der Waals surface area (Å²) < 4.78 is 5.76. The molecule has 0 N–H and O–H groups in total. The molecule has 1 amide bonds. The molecule has 0 aliphatic carbocycles. The molecule has 3 aliphatic rings. The van der Waals surface area contributed by atoms with Crippen molar-refractivity contribution in [3.8, 4) is 6.07 Å². The molecule has 28 heavy (non-hydrogen) atoms. The molecule has 4 heterocycles. The Balaban J connectivity index is 1.45. The van der Waals surface area contributed by atoms with Gasteiger partial charge in [0.05, 0.1) is 11.7 Å². The van der Waals surface area contributed by atoms with E-state index in [9.17, 15) is 10.1 Å². The van der Waals surface area contributed by atoms with Crippen LogP contribution in [0, 0.1) is 30.6 Å². The van der Waals surface area contributed by atoms with Crippen molar-refractivity contribution in [2.24, 2.45) is 5.41 Å². The van der Waals surface area contributed by atoms with Crippen LogP contribution in [-0.4, -0.2) is 54.7 Å². The van der Waals surface area contributed by atoms with E-state index in [-0.39, 0.29) is 17.4 Å². The molecular weight excluding hydrogens is 352 g/mol. The van der Waals surface area contributed by atoms with Gasteiger partial charge in [-0.05, 0) is 63.0 Å². The maximum atomic E-state index is 12.5. The third kappa shape index (κ3) is 3.73. The van der Waals surface area contributed by atoms with Crippen LogP contribution in [0.25, 0.3) is 0 Å². The molecule has 0 saturated carbocycles. The van der Waals surface area contributed by atoms with E-state index in [0.717, 1.165) is 82.0 Å². The van der Waals surface area contributed by atoms with Gasteiger partial charge in [-0.3, -0.25) is 4.79 Å². The van der Waals surface area contributed by atoms with Gasteiger partial charge in [-0.1, -0.05) is 0 Å². The Labute approximate surface area is 167 Å². The molecule has 3 aliphatic heterocycles. The van der Waals surface area contributed by atoms with Crippen molar-refractivity contribution in [3.05, 3.63) is 22.9 Å². The van der Waals surface area contributed by atoms with E-state index < -0.39 is 0 Å². The molecule has 1 atom stereocenters. The van der Waals surface area contributed by atoms with Gasteiger partial charge in [0.2, 0.25) is 5.91 Å². The molecule has 6 nitrogen and oxygen atoms in total. The highest BCUT2D eigenvalue weighted by molar-refractivity contribution is 5.77. The lowest BCUT2D eigenvalue weighted by Crippen LogP contribution is -2.53. The Kier molecular flexibility index (Phi) is 5.29. The van der Waals surface area contributed by atoms with Gasteiger partial charge >= 0.3 is 0 Å². The quantitative estimate of drug-likeness (QED) is 0.804. The van der Waals surface area contributed by atoms with E-state index in [0.29, 0.717) is 12.0 Å². The Bertz CT molecular complexity index is 786. The van der Waals surface area contributed by atoms with Crippen LogP contribution in [-0.2, 0) is 9.53 Å². The second-order valence-corrected chi connectivity index (χ2v) is 8.79. The van der Waals surface area contributed by atoms with Gasteiger partial charge in [-0.15, -0.1) is 0 Å². The van der Waals surface area contributed by atoms with Crippen molar-refractivity contribution >= 4 is 11.7 Å². The number of nitriles is 1. The molecule has 1 unspecified atom stereocenters. The number of aryl methyl sites for hydroxylation is 2. The monoisotopic (exact) mass is 382 g/mol. The molecular formula is C22H30N4O2. The minimum Gasteiger partial charge on any atom is -0.376 e. The summed E-state index contributed by atoms with van der Waals surface area (Å²) in [6, 6.07) is 4.32. The van der Waals surface area contributed by atoms with Gasteiger partial charge in [-0.2, -0.15) is 5.26 Å². The van der Waals surface area contributed by atoms with Crippen LogP contribution in [0.5, 0.6) is 0 Å². The van der Waals surface area contributed by atoms with E-state index in [1.807, 2.05) is 19.9 Å². The fourth-order valence-electron chi connectivity index (χ4n) is 5.09. The van der Waals surface area contributed by atoms with Crippen LogP contribution in [0.1, 0.15) is 55.3 Å². The summed E-state index contributed by atoms with van der Waals surface area (Å²) in [5, 5.41) is 9.59. The summed E-state index contributed by atoms with van der Waals surface area (Å²) in [4.78, 5) is 21.5. The van der Waals surface area contributed by atoms with Crippen molar-refractivity contribution < 1.29 is 9.53 Å². The van der Waals surface area contributed by atoms with Gasteiger partial charge in [0.25, 0.3) is 0 Å². The summed E-state index contributed by atoms with van der Waals surface area (Å²) in [6.07, 6.45) is 6.11. The third-order valence-electron chi connectivity index (χ3n) is 6.76. The first-order chi connectivity index (χ1) is 13.5. The number of carbonyl (C=O) groups is 1. The van der Waals surface area contributed by atoms with E-state index >= 15 is 0 Å². The van der Waals surface area contributed by atoms with Crippen LogP contribution in [0.3, 0.4) is 0 Å². The average Bonchev–Trinajstić information content (AvgIpc) is 3.18. The second kappa shape index (κ2) is 7.71. The molecule has 1 aromatic rings. The lowest BCUT2D eigenvalue weighted by Gasteiger charge is -2.48. The highest BCUT2D eigenvalue weighted by Gasteiger charge is 2.42. The van der Waals surface area contributed by atoms with Gasteiger partial charge < -0.3 is 14.5 Å². The predicted octanol–water partition coefficient (Wildman–Crippen LogP) is 2.96. The van der Waals surface area contributed by atoms with E-state index in [4.69, 9.17) is 4.74 Å². The molecule has 3 saturated heterocycles. The molecule has 150 valence electrons. The zero-order valence-electron chi connectivity index (χ0n) is 17.0. The maximum absolute atomic E-state index is 12.5. The van der Waals surface area contributed by atoms with Gasteiger partial charge in [-0.25, -0.2) is 4.98 Å². The summed E-state index contributed by atoms with van der Waals surface area (Å²) in [5.41, 5.74) is 2.85. The number of nitrogens with zero attached hydrogens (tertiary/aromatic N) is 4. The Morgan fingerprint density at radius 2 is 2.11 bits per heavy atom. The first kappa shape index (κ1) is 19.2. The fraction of sp³-hybridized carbons (Fsp3) is 0.682. The summed E-state index contributed by atoms with van der Waals surface area (Å²) >= 11 is 0. The Morgan fingerprint density at radius 3 is 2.79 bits per heavy atom. The Morgan fingerprint density at radius 1 is 1.32 bits per heavy atom. The molecule has 6 heteroatoms. The molecule has 1 aromatic heterocycles. The number of pyridine rings is 1. The SMILES string of the molecule is Cc1cc(C)c(C#N)c(N2CCC3(CCC(=O)N(CC4CCCO4)C3)CC2)n1. The van der Waals surface area contributed by atoms with Crippen LogP contribution in [0.2, 0.25) is 0 Å². The number of carbonyl (C=O) groups excluding carboxylic acids is 1. The van der Waals surface area contributed by atoms with Gasteiger partial charge in [0.1, 0.15) is 11.9 Å². The number of piperidine rings is 2. The smallest absolute Gasteiger partial charge is 0.222 e. The average molecular weight is 383 g/mol. The molecule has 3 fully saturated rings. The number of rotatable bonds is 3. The Hall–Kier alpha value is -2.13. The topological polar surface area (TPSA) is 69.5 Å². The highest BCUT2D eigenvalue weighted by Crippen LogP contribution is 2.41. The first-order valence-electron chi connectivity index (χ1n) is 10.5. The maximum Gasteiger partial charge on any atom is 0.222 e. The number of amides is 1. The summed E-state index contributed by atoms with van der Waals surface area (Å²) in [6.45, 7) is 8.19. The number of aromatic nitrogens is 1. The largest absolute Gasteiger partial charge is 0.376 e. The van der Waals surface area contributed by atoms with E-state index in [2.05, 4.69) is 20.9 Å². The lowest BCUT2D eigenvalue weighted by atomic mass is 9.72. The number of hydrogen-bond acceptors (Lipinski definition) is 5. The minimum absolute atomic E-state index is 0.203. The first-order valence-corrected chi connectivity index (χ1v) is 10.5. The van der Waals surface area contributed by atoms with Crippen molar-refractivity contribution in [1.82, 2.24) is 9.88 Å². The van der Waals surface area contributed by atoms with Crippen molar-refractivity contribution in [1.29, 1.82) is 5.26 Å². The lowest BCUT2D eigenvalue weighted by molar-refractivity contribution is -0.140. The number of anilines is 1. The van der Waals surface area contributed by atoms with Crippen molar-refractivity contribution in [2.75, 3.05) is 37.7 Å². The van der Waals surface area contributed by atoms with Crippen LogP contribution >= 0.6 is 0 Å². The third-order valence-corrected chi connectivity index (χ3v) is 6.76. The normalized spacial score (nSPS) is 24.6. The molecule has 4 rings (SSSR count). The zero-order valence-corrected chi connectivity index (χ0v) is 17.0. The highest BCUT2D eigenvalue weighted by atomic mass is 16.5. The number of likely N-dealkylation sites (tertiary alicyclic amines) is 1. The molecule has 0 radical (unpaired) electrons. The fourth-order valence-corrected chi connectivity index (χ4v) is 5.09. The van der Waals surface area contributed by atoms with Crippen LogP contribution in [0.15, 0.2) is 6.07 Å².